The van der Waals surface area contributed by atoms with Gasteiger partial charge in [0.05, 0.1) is 39.9 Å². The maximum absolute atomic E-state index is 12.9. The number of rotatable bonds is 46. The summed E-state index contributed by atoms with van der Waals surface area (Å²) >= 11 is 0. The van der Waals surface area contributed by atoms with Crippen LogP contribution in [0.25, 0.3) is 0 Å². The third kappa shape index (κ3) is 49.1. The first kappa shape index (κ1) is 63.2. The average molecular weight is 940 g/mol. The van der Waals surface area contributed by atoms with Crippen molar-refractivity contribution < 1.29 is 32.9 Å². The van der Waals surface area contributed by atoms with Crippen molar-refractivity contribution >= 4 is 13.7 Å². The monoisotopic (exact) mass is 940 g/mol. The molecule has 0 aliphatic rings. The van der Waals surface area contributed by atoms with Gasteiger partial charge in [-0.15, -0.1) is 0 Å². The Hall–Kier alpha value is -2.84. The van der Waals surface area contributed by atoms with Crippen molar-refractivity contribution in [2.45, 2.75) is 206 Å². The van der Waals surface area contributed by atoms with E-state index in [-0.39, 0.29) is 25.5 Å². The molecule has 0 aliphatic carbocycles. The summed E-state index contributed by atoms with van der Waals surface area (Å²) < 4.78 is 23.6. The van der Waals surface area contributed by atoms with E-state index in [0.717, 1.165) is 64.2 Å². The summed E-state index contributed by atoms with van der Waals surface area (Å²) in [5, 5.41) is 13.8. The summed E-state index contributed by atoms with van der Waals surface area (Å²) in [6.07, 6.45) is 69.2. The van der Waals surface area contributed by atoms with Crippen LogP contribution in [0, 0.1) is 0 Å². The lowest BCUT2D eigenvalue weighted by atomic mass is 10.0. The number of carbonyl (C=O) groups is 1. The number of aliphatic hydroxyl groups is 1. The maximum Gasteiger partial charge on any atom is 0.472 e. The number of phosphoric ester groups is 1. The Bertz CT molecular complexity index is 1440. The number of quaternary nitrogens is 1. The first-order chi connectivity index (χ1) is 32.0. The van der Waals surface area contributed by atoms with E-state index < -0.39 is 20.0 Å². The van der Waals surface area contributed by atoms with Gasteiger partial charge in [-0.1, -0.05) is 213 Å². The molecular weight excluding hydrogens is 840 g/mol. The van der Waals surface area contributed by atoms with Crippen LogP contribution in [0.1, 0.15) is 194 Å². The fourth-order valence-corrected chi connectivity index (χ4v) is 7.60. The molecule has 0 aromatic carbocycles. The van der Waals surface area contributed by atoms with Gasteiger partial charge in [0.2, 0.25) is 5.91 Å². The van der Waals surface area contributed by atoms with Crippen LogP contribution in [0.4, 0.5) is 0 Å². The number of amides is 1. The van der Waals surface area contributed by atoms with Gasteiger partial charge in [-0.25, -0.2) is 4.57 Å². The number of hydrogen-bond acceptors (Lipinski definition) is 5. The van der Waals surface area contributed by atoms with Crippen molar-refractivity contribution in [1.29, 1.82) is 0 Å². The fraction of sp³-hybridized carbons (Fsp3) is 0.667. The molecule has 0 spiro atoms. The number of hydrogen-bond donors (Lipinski definition) is 3. The minimum Gasteiger partial charge on any atom is -0.387 e. The van der Waals surface area contributed by atoms with Gasteiger partial charge in [-0.3, -0.25) is 13.8 Å². The summed E-state index contributed by atoms with van der Waals surface area (Å²) in [6.45, 7) is 4.60. The summed E-state index contributed by atoms with van der Waals surface area (Å²) in [5.74, 6) is -0.277. The van der Waals surface area contributed by atoms with Crippen LogP contribution in [0.5, 0.6) is 0 Å². The molecule has 0 radical (unpaired) electrons. The first-order valence-corrected chi connectivity index (χ1v) is 27.8. The zero-order valence-electron chi connectivity index (χ0n) is 42.9. The number of carbonyl (C=O) groups excluding carboxylic acids is 1. The van der Waals surface area contributed by atoms with E-state index >= 15 is 0 Å². The Morgan fingerprint density at radius 3 is 1.38 bits per heavy atom. The van der Waals surface area contributed by atoms with Gasteiger partial charge >= 0.3 is 7.82 Å². The van der Waals surface area contributed by atoms with E-state index in [1.165, 1.54) is 103 Å². The highest BCUT2D eigenvalue weighted by molar-refractivity contribution is 7.47. The third-order valence-electron chi connectivity index (χ3n) is 11.0. The lowest BCUT2D eigenvalue weighted by Crippen LogP contribution is -2.45. The second-order valence-electron chi connectivity index (χ2n) is 18.5. The average Bonchev–Trinajstić information content (AvgIpc) is 3.28. The van der Waals surface area contributed by atoms with Crippen molar-refractivity contribution in [2.75, 3.05) is 40.9 Å². The zero-order chi connectivity index (χ0) is 48.5. The lowest BCUT2D eigenvalue weighted by molar-refractivity contribution is -0.870. The molecular formula is C57H100N2O6P+. The molecule has 0 aliphatic heterocycles. The molecule has 0 rings (SSSR count). The second-order valence-corrected chi connectivity index (χ2v) is 19.9. The number of nitrogens with one attached hydrogen (secondary N) is 1. The third-order valence-corrected chi connectivity index (χ3v) is 12.0. The van der Waals surface area contributed by atoms with Crippen molar-refractivity contribution in [3.63, 3.8) is 0 Å². The molecule has 378 valence electrons. The Balaban J connectivity index is 4.49. The molecule has 9 heteroatoms. The maximum atomic E-state index is 12.9. The van der Waals surface area contributed by atoms with Crippen LogP contribution in [0.15, 0.2) is 109 Å². The van der Waals surface area contributed by atoms with E-state index in [9.17, 15) is 19.4 Å². The molecule has 3 atom stereocenters. The Labute approximate surface area is 406 Å². The van der Waals surface area contributed by atoms with Crippen LogP contribution in [0.2, 0.25) is 0 Å². The number of unbranched alkanes of at least 4 members (excludes halogenated alkanes) is 17. The summed E-state index contributed by atoms with van der Waals surface area (Å²) in [7, 11) is 1.48. The zero-order valence-corrected chi connectivity index (χ0v) is 43.8. The van der Waals surface area contributed by atoms with Gasteiger partial charge in [-0.05, 0) is 83.5 Å². The van der Waals surface area contributed by atoms with Gasteiger partial charge in [-0.2, -0.15) is 0 Å². The largest absolute Gasteiger partial charge is 0.472 e. The fourth-order valence-electron chi connectivity index (χ4n) is 6.86. The smallest absolute Gasteiger partial charge is 0.387 e. The summed E-state index contributed by atoms with van der Waals surface area (Å²) in [6, 6.07) is -0.918. The van der Waals surface area contributed by atoms with Gasteiger partial charge in [0, 0.05) is 6.42 Å². The van der Waals surface area contributed by atoms with Crippen molar-refractivity contribution in [3.05, 3.63) is 109 Å². The SMILES string of the molecule is CC/C=C\C/C=C\C/C=C\C/C=C\C/C=C\C/C=C\CCC(=O)NC(COP(=O)(O)OCC[N+](C)(C)C)C(O)/C=C/CC/C=C/CC/C=C/CCCCCCCCCCCCCCCCC. The highest BCUT2D eigenvalue weighted by atomic mass is 31.2. The number of nitrogens with zero attached hydrogens (tertiary/aromatic N) is 1. The van der Waals surface area contributed by atoms with E-state index in [1.54, 1.807) is 6.08 Å². The quantitative estimate of drug-likeness (QED) is 0.0243. The van der Waals surface area contributed by atoms with Crippen molar-refractivity contribution in [3.8, 4) is 0 Å². The van der Waals surface area contributed by atoms with Crippen LogP contribution in [-0.4, -0.2) is 73.4 Å². The molecule has 0 bridgehead atoms. The van der Waals surface area contributed by atoms with Gasteiger partial charge in [0.1, 0.15) is 13.2 Å². The van der Waals surface area contributed by atoms with Crippen LogP contribution in [-0.2, 0) is 18.4 Å². The molecule has 8 nitrogen and oxygen atoms in total. The normalized spacial score (nSPS) is 15.0. The van der Waals surface area contributed by atoms with Crippen LogP contribution < -0.4 is 5.32 Å². The minimum absolute atomic E-state index is 0.0338. The van der Waals surface area contributed by atoms with Gasteiger partial charge in [0.15, 0.2) is 0 Å². The number of phosphoric acid groups is 1. The number of likely N-dealkylation sites (N-methyl/N-ethyl adjacent to an activating group) is 1. The number of aliphatic hydroxyl groups excluding tert-OH is 1. The van der Waals surface area contributed by atoms with Crippen LogP contribution in [0.3, 0.4) is 0 Å². The second kappa shape index (κ2) is 47.2. The molecule has 3 N–H and O–H groups in total. The van der Waals surface area contributed by atoms with Gasteiger partial charge in [0.25, 0.3) is 0 Å². The predicted molar refractivity (Wildman–Crippen MR) is 285 cm³/mol. The molecule has 0 heterocycles. The molecule has 0 saturated heterocycles. The Kier molecular flexibility index (Phi) is 45.2. The topological polar surface area (TPSA) is 105 Å². The van der Waals surface area contributed by atoms with E-state index in [2.05, 4.69) is 104 Å². The van der Waals surface area contributed by atoms with E-state index in [1.807, 2.05) is 39.4 Å². The Morgan fingerprint density at radius 1 is 0.530 bits per heavy atom. The summed E-state index contributed by atoms with van der Waals surface area (Å²) in [4.78, 5) is 23.2. The minimum atomic E-state index is -4.38. The number of allylic oxidation sites excluding steroid dienone is 17. The first-order valence-electron chi connectivity index (χ1n) is 26.3. The lowest BCUT2D eigenvalue weighted by Gasteiger charge is -2.25. The molecule has 1 amide bonds. The molecule has 0 aromatic heterocycles. The summed E-state index contributed by atoms with van der Waals surface area (Å²) in [5.41, 5.74) is 0. The van der Waals surface area contributed by atoms with E-state index in [4.69, 9.17) is 9.05 Å². The molecule has 0 aromatic rings. The molecule has 66 heavy (non-hydrogen) atoms. The van der Waals surface area contributed by atoms with Crippen molar-refractivity contribution in [1.82, 2.24) is 5.32 Å². The standard InChI is InChI=1S/C57H99N2O6P/c1-6-8-10-12-14-16-18-20-22-24-26-27-28-29-30-31-33-34-36-38-40-42-44-46-48-50-56(60)55(54-65-66(62,63)64-53-52-59(3,4)5)58-57(61)51-49-47-45-43-41-39-37-35-32-25-23-21-19-17-15-13-11-9-7-2/h9,11,15,17,21,23,32-35,39-42,45,47-48,50,55-56,60H,6-8,10,12-14,16,18-20,22,24-31,36-38,43-44,46,49,51-54H2,1-5H3,(H-,58,61,62,63)/p+1/b11-9-,17-15-,23-21-,34-33+,35-32-,41-39-,42-40+,47-45-,50-48+. The highest BCUT2D eigenvalue weighted by Crippen LogP contribution is 2.43. The molecule has 0 fully saturated rings. The molecule has 3 unspecified atom stereocenters. The highest BCUT2D eigenvalue weighted by Gasteiger charge is 2.27. The van der Waals surface area contributed by atoms with Gasteiger partial charge < -0.3 is 19.8 Å². The van der Waals surface area contributed by atoms with Crippen molar-refractivity contribution in [2.24, 2.45) is 0 Å². The predicted octanol–water partition coefficient (Wildman–Crippen LogP) is 15.6. The van der Waals surface area contributed by atoms with E-state index in [0.29, 0.717) is 17.4 Å². The Morgan fingerprint density at radius 2 is 0.924 bits per heavy atom. The molecule has 0 saturated carbocycles. The van der Waals surface area contributed by atoms with Crippen LogP contribution >= 0.6 is 7.82 Å².